The van der Waals surface area contributed by atoms with Crippen LogP contribution in [0, 0.1) is 17.0 Å². The lowest BCUT2D eigenvalue weighted by atomic mass is 9.70. The predicted molar refractivity (Wildman–Crippen MR) is 103 cm³/mol. The number of carbonyl (C=O) groups is 1. The first-order valence-electron chi connectivity index (χ1n) is 9.37. The number of aromatic nitrogens is 2. The standard InChI is InChI=1S/C21H19F4N3O2/c1-21(2)19(18-13(22)8-12(9-14(18)23)30-6-5-17(24)25)28(20(21)29)11-3-4-15-16(7-11)27-10-26-15/h3-4,7-10,17,19H,5-6H2,1-2H3,(H,26,27)/t19-/m1/s1. The molecule has 1 N–H and O–H groups in total. The van der Waals surface area contributed by atoms with Gasteiger partial charge in [-0.1, -0.05) is 0 Å². The summed E-state index contributed by atoms with van der Waals surface area (Å²) in [5, 5.41) is 0. The quantitative estimate of drug-likeness (QED) is 0.451. The molecule has 1 amide bonds. The van der Waals surface area contributed by atoms with Gasteiger partial charge in [0.05, 0.1) is 35.4 Å². The van der Waals surface area contributed by atoms with Crippen LogP contribution in [0.3, 0.4) is 0 Å². The highest BCUT2D eigenvalue weighted by Gasteiger charge is 2.57. The van der Waals surface area contributed by atoms with Gasteiger partial charge in [-0.25, -0.2) is 22.5 Å². The molecule has 2 heterocycles. The minimum atomic E-state index is -2.57. The number of halogens is 4. The summed E-state index contributed by atoms with van der Waals surface area (Å²) in [6.45, 7) is 2.88. The van der Waals surface area contributed by atoms with Crippen molar-refractivity contribution in [2.24, 2.45) is 5.41 Å². The fraction of sp³-hybridized carbons (Fsp3) is 0.333. The van der Waals surface area contributed by atoms with Crippen molar-refractivity contribution in [3.8, 4) is 5.75 Å². The Labute approximate surface area is 169 Å². The van der Waals surface area contributed by atoms with Crippen LogP contribution >= 0.6 is 0 Å². The number of ether oxygens (including phenoxy) is 1. The van der Waals surface area contributed by atoms with Crippen molar-refractivity contribution >= 4 is 22.6 Å². The van der Waals surface area contributed by atoms with Crippen LogP contribution in [0.1, 0.15) is 31.9 Å². The summed E-state index contributed by atoms with van der Waals surface area (Å²) in [5.41, 5.74) is 0.559. The Morgan fingerprint density at radius 3 is 2.57 bits per heavy atom. The number of alkyl halides is 2. The lowest BCUT2D eigenvalue weighted by Crippen LogP contribution is -2.61. The Morgan fingerprint density at radius 1 is 1.20 bits per heavy atom. The second-order valence-electron chi connectivity index (χ2n) is 7.73. The smallest absolute Gasteiger partial charge is 0.241 e. The van der Waals surface area contributed by atoms with Crippen LogP contribution in [0.5, 0.6) is 5.75 Å². The lowest BCUT2D eigenvalue weighted by Gasteiger charge is -2.53. The molecule has 0 bridgehead atoms. The first kappa shape index (κ1) is 20.2. The van der Waals surface area contributed by atoms with E-state index in [1.807, 2.05) is 0 Å². The summed E-state index contributed by atoms with van der Waals surface area (Å²) in [7, 11) is 0. The number of carbonyl (C=O) groups excluding carboxylic acids is 1. The maximum atomic E-state index is 14.9. The third-order valence-corrected chi connectivity index (χ3v) is 5.32. The van der Waals surface area contributed by atoms with Gasteiger partial charge in [0.2, 0.25) is 12.3 Å². The maximum absolute atomic E-state index is 14.9. The Kier molecular flexibility index (Phi) is 4.91. The second kappa shape index (κ2) is 7.30. The third kappa shape index (κ3) is 3.28. The number of benzene rings is 2. The van der Waals surface area contributed by atoms with E-state index in [0.29, 0.717) is 16.7 Å². The van der Waals surface area contributed by atoms with Gasteiger partial charge in [-0.2, -0.15) is 0 Å². The molecule has 1 fully saturated rings. The van der Waals surface area contributed by atoms with Crippen molar-refractivity contribution in [2.45, 2.75) is 32.7 Å². The molecule has 0 unspecified atom stereocenters. The SMILES string of the molecule is CC1(C)C(=O)N(c2ccc3nc[nH]c3c2)[C@@H]1c1c(F)cc(OCCC(F)F)cc1F. The van der Waals surface area contributed by atoms with E-state index in [-0.39, 0.29) is 23.8 Å². The largest absolute Gasteiger partial charge is 0.493 e. The van der Waals surface area contributed by atoms with Crippen molar-refractivity contribution in [3.05, 3.63) is 53.9 Å². The average Bonchev–Trinajstić information content (AvgIpc) is 3.14. The Bertz CT molecular complexity index is 1090. The number of rotatable bonds is 6. The molecule has 0 aliphatic carbocycles. The molecule has 5 nitrogen and oxygen atoms in total. The van der Waals surface area contributed by atoms with Crippen LogP contribution in [0.25, 0.3) is 11.0 Å². The minimum Gasteiger partial charge on any atom is -0.493 e. The summed E-state index contributed by atoms with van der Waals surface area (Å²) in [5.74, 6) is -2.26. The molecule has 4 rings (SSSR count). The fourth-order valence-corrected chi connectivity index (χ4v) is 3.80. The first-order chi connectivity index (χ1) is 14.2. The summed E-state index contributed by atoms with van der Waals surface area (Å²) >= 11 is 0. The Hall–Kier alpha value is -3.10. The van der Waals surface area contributed by atoms with Gasteiger partial charge in [-0.15, -0.1) is 0 Å². The molecular weight excluding hydrogens is 402 g/mol. The average molecular weight is 421 g/mol. The number of hydrogen-bond donors (Lipinski definition) is 1. The number of anilines is 1. The monoisotopic (exact) mass is 421 g/mol. The number of β-lactam (4-membered cyclic amide) rings is 1. The van der Waals surface area contributed by atoms with Gasteiger partial charge in [0.15, 0.2) is 0 Å². The molecule has 0 saturated carbocycles. The van der Waals surface area contributed by atoms with Gasteiger partial charge in [-0.3, -0.25) is 4.79 Å². The van der Waals surface area contributed by atoms with Crippen molar-refractivity contribution < 1.29 is 27.1 Å². The number of nitrogens with one attached hydrogen (secondary N) is 1. The number of amides is 1. The lowest BCUT2D eigenvalue weighted by molar-refractivity contribution is -0.137. The molecule has 3 aromatic rings. The number of H-pyrrole nitrogens is 1. The molecule has 2 aromatic carbocycles. The highest BCUT2D eigenvalue weighted by Crippen LogP contribution is 2.53. The van der Waals surface area contributed by atoms with E-state index in [4.69, 9.17) is 4.74 Å². The van der Waals surface area contributed by atoms with Gasteiger partial charge in [0, 0.05) is 29.8 Å². The third-order valence-electron chi connectivity index (χ3n) is 5.32. The van der Waals surface area contributed by atoms with Gasteiger partial charge in [-0.05, 0) is 32.0 Å². The van der Waals surface area contributed by atoms with E-state index >= 15 is 0 Å². The van der Waals surface area contributed by atoms with Gasteiger partial charge in [0.1, 0.15) is 17.4 Å². The molecule has 1 saturated heterocycles. The van der Waals surface area contributed by atoms with Crippen LogP contribution in [0.15, 0.2) is 36.7 Å². The molecule has 1 atom stereocenters. The molecule has 158 valence electrons. The second-order valence-corrected chi connectivity index (χ2v) is 7.73. The van der Waals surface area contributed by atoms with E-state index in [1.165, 1.54) is 11.2 Å². The zero-order chi connectivity index (χ0) is 21.6. The fourth-order valence-electron chi connectivity index (χ4n) is 3.80. The number of aromatic amines is 1. The molecule has 1 aromatic heterocycles. The minimum absolute atomic E-state index is 0.178. The zero-order valence-corrected chi connectivity index (χ0v) is 16.3. The highest BCUT2D eigenvalue weighted by atomic mass is 19.3. The number of nitrogens with zero attached hydrogens (tertiary/aromatic N) is 2. The number of imidazole rings is 1. The molecule has 30 heavy (non-hydrogen) atoms. The zero-order valence-electron chi connectivity index (χ0n) is 16.3. The molecular formula is C21H19F4N3O2. The van der Waals surface area contributed by atoms with Gasteiger partial charge >= 0.3 is 0 Å². The summed E-state index contributed by atoms with van der Waals surface area (Å²) < 4.78 is 59.4. The predicted octanol–water partition coefficient (Wildman–Crippen LogP) is 4.99. The highest BCUT2D eigenvalue weighted by molar-refractivity contribution is 6.06. The van der Waals surface area contributed by atoms with Crippen molar-refractivity contribution in [1.29, 1.82) is 0 Å². The Morgan fingerprint density at radius 2 is 1.90 bits per heavy atom. The van der Waals surface area contributed by atoms with Crippen molar-refractivity contribution in [1.82, 2.24) is 9.97 Å². The van der Waals surface area contributed by atoms with Gasteiger partial charge < -0.3 is 14.6 Å². The normalized spacial score (nSPS) is 18.2. The van der Waals surface area contributed by atoms with E-state index in [9.17, 15) is 22.4 Å². The molecule has 1 aliphatic rings. The van der Waals surface area contributed by atoms with Crippen LogP contribution < -0.4 is 9.64 Å². The van der Waals surface area contributed by atoms with Crippen LogP contribution in [0.2, 0.25) is 0 Å². The van der Waals surface area contributed by atoms with Crippen molar-refractivity contribution in [3.63, 3.8) is 0 Å². The van der Waals surface area contributed by atoms with Crippen LogP contribution in [-0.4, -0.2) is 28.9 Å². The summed E-state index contributed by atoms with van der Waals surface area (Å²) in [6.07, 6.45) is -1.60. The van der Waals surface area contributed by atoms with E-state index in [2.05, 4.69) is 9.97 Å². The summed E-state index contributed by atoms with van der Waals surface area (Å²) in [4.78, 5) is 21.2. The molecule has 0 spiro atoms. The first-order valence-corrected chi connectivity index (χ1v) is 9.37. The van der Waals surface area contributed by atoms with E-state index in [0.717, 1.165) is 12.1 Å². The molecule has 9 heteroatoms. The van der Waals surface area contributed by atoms with Crippen LogP contribution in [-0.2, 0) is 4.79 Å². The topological polar surface area (TPSA) is 58.2 Å². The molecule has 1 aliphatic heterocycles. The van der Waals surface area contributed by atoms with Crippen LogP contribution in [0.4, 0.5) is 23.2 Å². The van der Waals surface area contributed by atoms with Gasteiger partial charge in [0.25, 0.3) is 0 Å². The van der Waals surface area contributed by atoms with E-state index in [1.54, 1.807) is 32.0 Å². The number of hydrogen-bond acceptors (Lipinski definition) is 3. The Balaban J connectivity index is 1.69. The maximum Gasteiger partial charge on any atom is 0.241 e. The van der Waals surface area contributed by atoms with E-state index < -0.39 is 35.9 Å². The summed E-state index contributed by atoms with van der Waals surface area (Å²) in [6, 6.07) is 6.10. The van der Waals surface area contributed by atoms with Crippen molar-refractivity contribution in [2.75, 3.05) is 11.5 Å². The number of fused-ring (bicyclic) bond motifs is 1. The molecule has 0 radical (unpaired) electrons.